The monoisotopic (exact) mass is 414 g/mol. The first-order chi connectivity index (χ1) is 13.1. The number of anilines is 2. The van der Waals surface area contributed by atoms with Gasteiger partial charge in [-0.25, -0.2) is 0 Å². The van der Waals surface area contributed by atoms with E-state index in [2.05, 4.69) is 67.8 Å². The highest BCUT2D eigenvalue weighted by atomic mass is 32.2. The summed E-state index contributed by atoms with van der Waals surface area (Å²) in [5.41, 5.74) is 3.09. The predicted octanol–water partition coefficient (Wildman–Crippen LogP) is 5.66. The molecule has 1 aliphatic heterocycles. The third kappa shape index (κ3) is 4.99. The number of nitrogens with zero attached hydrogens (tertiary/aromatic N) is 2. The van der Waals surface area contributed by atoms with Gasteiger partial charge in [0.05, 0.1) is 11.4 Å². The van der Waals surface area contributed by atoms with Crippen LogP contribution in [-0.2, 0) is 0 Å². The molecule has 150 valence electrons. The van der Waals surface area contributed by atoms with Crippen molar-refractivity contribution >= 4 is 37.2 Å². The van der Waals surface area contributed by atoms with Crippen LogP contribution in [0.2, 0.25) is 19.6 Å². The summed E-state index contributed by atoms with van der Waals surface area (Å²) in [5.74, 6) is 1.05. The molecule has 0 amide bonds. The van der Waals surface area contributed by atoms with Crippen molar-refractivity contribution < 1.29 is 9.22 Å². The van der Waals surface area contributed by atoms with E-state index in [1.54, 1.807) is 18.7 Å². The van der Waals surface area contributed by atoms with E-state index in [1.807, 2.05) is 12.1 Å². The van der Waals surface area contributed by atoms with Crippen LogP contribution >= 0.6 is 11.8 Å². The maximum atomic E-state index is 11.9. The van der Waals surface area contributed by atoms with Crippen molar-refractivity contribution in [2.75, 3.05) is 32.1 Å². The van der Waals surface area contributed by atoms with Crippen LogP contribution < -0.4 is 9.33 Å². The van der Waals surface area contributed by atoms with Gasteiger partial charge in [0.2, 0.25) is 8.32 Å². The van der Waals surface area contributed by atoms with E-state index in [-0.39, 0.29) is 5.78 Å². The lowest BCUT2D eigenvalue weighted by Crippen LogP contribution is -2.29. The van der Waals surface area contributed by atoms with Gasteiger partial charge >= 0.3 is 0 Å². The number of rotatable bonds is 7. The molecule has 1 aliphatic rings. The average molecular weight is 415 g/mol. The number of hydrogen-bond acceptors (Lipinski definition) is 5. The molecule has 0 fully saturated rings. The molecule has 3 rings (SSSR count). The Hall–Kier alpha value is -1.76. The molecule has 4 nitrogen and oxygen atoms in total. The van der Waals surface area contributed by atoms with Gasteiger partial charge in [-0.1, -0.05) is 17.8 Å². The number of Topliss-reactive ketones (excluding diaryl/α,β-unsaturated/α-hetero) is 1. The van der Waals surface area contributed by atoms with E-state index < -0.39 is 8.32 Å². The topological polar surface area (TPSA) is 32.8 Å². The van der Waals surface area contributed by atoms with Gasteiger partial charge in [0, 0.05) is 21.9 Å². The summed E-state index contributed by atoms with van der Waals surface area (Å²) in [5, 5.41) is 0. The van der Waals surface area contributed by atoms with Crippen LogP contribution in [0.1, 0.15) is 23.7 Å². The third-order valence-electron chi connectivity index (χ3n) is 4.51. The number of ketones is 1. The molecule has 0 unspecified atom stereocenters. The zero-order valence-electron chi connectivity index (χ0n) is 17.7. The molecule has 0 spiro atoms. The molecule has 0 atom stereocenters. The van der Waals surface area contributed by atoms with Crippen molar-refractivity contribution in [3.63, 3.8) is 0 Å². The van der Waals surface area contributed by atoms with Crippen LogP contribution in [0.25, 0.3) is 0 Å². The lowest BCUT2D eigenvalue weighted by molar-refractivity contribution is 0.101. The number of benzene rings is 2. The summed E-state index contributed by atoms with van der Waals surface area (Å²) in [7, 11) is 2.55. The minimum absolute atomic E-state index is 0.103. The molecule has 28 heavy (non-hydrogen) atoms. The molecule has 0 radical (unpaired) electrons. The highest BCUT2D eigenvalue weighted by Gasteiger charge is 2.25. The molecule has 0 saturated heterocycles. The Bertz CT molecular complexity index is 877. The largest absolute Gasteiger partial charge is 0.544 e. The SMILES string of the molecule is CC(=O)c1ccc2c(c1)N(CCCN(C)C)c1ccc(O[Si](C)(C)C)cc1S2. The van der Waals surface area contributed by atoms with Gasteiger partial charge in [-0.3, -0.25) is 4.79 Å². The van der Waals surface area contributed by atoms with Crippen molar-refractivity contribution in [1.82, 2.24) is 4.90 Å². The molecular weight excluding hydrogens is 384 g/mol. The van der Waals surface area contributed by atoms with Crippen molar-refractivity contribution in [2.24, 2.45) is 0 Å². The maximum Gasteiger partial charge on any atom is 0.242 e. The van der Waals surface area contributed by atoms with Gasteiger partial charge in [-0.15, -0.1) is 0 Å². The zero-order chi connectivity index (χ0) is 20.5. The predicted molar refractivity (Wildman–Crippen MR) is 121 cm³/mol. The van der Waals surface area contributed by atoms with Gasteiger partial charge < -0.3 is 14.2 Å². The summed E-state index contributed by atoms with van der Waals surface area (Å²) >= 11 is 1.76. The van der Waals surface area contributed by atoms with E-state index in [4.69, 9.17) is 4.43 Å². The Morgan fingerprint density at radius 2 is 1.82 bits per heavy atom. The van der Waals surface area contributed by atoms with Crippen molar-refractivity contribution in [1.29, 1.82) is 0 Å². The van der Waals surface area contributed by atoms with Crippen molar-refractivity contribution in [3.05, 3.63) is 42.0 Å². The zero-order valence-corrected chi connectivity index (χ0v) is 19.5. The maximum absolute atomic E-state index is 11.9. The number of hydrogen-bond donors (Lipinski definition) is 0. The molecule has 0 bridgehead atoms. The summed E-state index contributed by atoms with van der Waals surface area (Å²) in [4.78, 5) is 18.9. The highest BCUT2D eigenvalue weighted by molar-refractivity contribution is 7.99. The molecule has 1 heterocycles. The van der Waals surface area contributed by atoms with E-state index in [0.717, 1.165) is 36.5 Å². The van der Waals surface area contributed by atoms with Gasteiger partial charge in [-0.2, -0.15) is 0 Å². The van der Waals surface area contributed by atoms with Gasteiger partial charge in [0.15, 0.2) is 5.78 Å². The van der Waals surface area contributed by atoms with Gasteiger partial charge in [0.1, 0.15) is 5.75 Å². The highest BCUT2D eigenvalue weighted by Crippen LogP contribution is 2.49. The van der Waals surface area contributed by atoms with Crippen molar-refractivity contribution in [3.8, 4) is 5.75 Å². The van der Waals surface area contributed by atoms with E-state index >= 15 is 0 Å². The van der Waals surface area contributed by atoms with E-state index in [1.165, 1.54) is 15.5 Å². The Morgan fingerprint density at radius 3 is 2.46 bits per heavy atom. The number of carbonyl (C=O) groups is 1. The summed E-state index contributed by atoms with van der Waals surface area (Å²) in [6.45, 7) is 10.2. The molecular formula is C22H30N2O2SSi. The van der Waals surface area contributed by atoms with Crippen LogP contribution in [0, 0.1) is 0 Å². The fourth-order valence-corrected chi connectivity index (χ4v) is 5.22. The number of fused-ring (bicyclic) bond motifs is 2. The molecule has 0 N–H and O–H groups in total. The van der Waals surface area contributed by atoms with Crippen LogP contribution in [-0.4, -0.2) is 46.2 Å². The normalized spacial score (nSPS) is 13.3. The first kappa shape index (κ1) is 21.0. The lowest BCUT2D eigenvalue weighted by atomic mass is 10.1. The van der Waals surface area contributed by atoms with Crippen LogP contribution in [0.15, 0.2) is 46.2 Å². The van der Waals surface area contributed by atoms with E-state index in [0.29, 0.717) is 0 Å². The second kappa shape index (κ2) is 8.31. The molecule has 2 aromatic rings. The molecule has 2 aromatic carbocycles. The summed E-state index contributed by atoms with van der Waals surface area (Å²) < 4.78 is 6.21. The standard InChI is InChI=1S/C22H30N2O2SSi/c1-16(25)17-8-11-21-20(14-17)24(13-7-12-23(2)3)19-10-9-18(15-22(19)27-21)26-28(4,5)6/h8-11,14-15H,7,12-13H2,1-6H3. The minimum Gasteiger partial charge on any atom is -0.544 e. The molecule has 6 heteroatoms. The Labute approximate surface area is 174 Å². The van der Waals surface area contributed by atoms with Crippen LogP contribution in [0.4, 0.5) is 11.4 Å². The second-order valence-corrected chi connectivity index (χ2v) is 14.0. The summed E-state index contributed by atoms with van der Waals surface area (Å²) in [6, 6.07) is 12.5. The van der Waals surface area contributed by atoms with Crippen LogP contribution in [0.5, 0.6) is 5.75 Å². The number of carbonyl (C=O) groups excluding carboxylic acids is 1. The molecule has 0 aromatic heterocycles. The summed E-state index contributed by atoms with van der Waals surface area (Å²) in [6.07, 6.45) is 1.05. The van der Waals surface area contributed by atoms with Gasteiger partial charge in [0.25, 0.3) is 0 Å². The molecule has 0 aliphatic carbocycles. The first-order valence-corrected chi connectivity index (χ1v) is 13.9. The fraction of sp³-hybridized carbons (Fsp3) is 0.409. The second-order valence-electron chi connectivity index (χ2n) is 8.49. The third-order valence-corrected chi connectivity index (χ3v) is 6.47. The minimum atomic E-state index is -1.65. The van der Waals surface area contributed by atoms with Crippen LogP contribution in [0.3, 0.4) is 0 Å². The fourth-order valence-electron chi connectivity index (χ4n) is 3.28. The Balaban J connectivity index is 1.98. The molecule has 0 saturated carbocycles. The van der Waals surface area contributed by atoms with Crippen molar-refractivity contribution in [2.45, 2.75) is 42.8 Å². The smallest absolute Gasteiger partial charge is 0.242 e. The quantitative estimate of drug-likeness (QED) is 0.431. The lowest BCUT2D eigenvalue weighted by Gasteiger charge is -2.34. The first-order valence-electron chi connectivity index (χ1n) is 9.72. The Kier molecular flexibility index (Phi) is 6.22. The Morgan fingerprint density at radius 1 is 1.07 bits per heavy atom. The van der Waals surface area contributed by atoms with Gasteiger partial charge in [-0.05, 0) is 84.0 Å². The van der Waals surface area contributed by atoms with E-state index in [9.17, 15) is 4.79 Å². The average Bonchev–Trinajstić information content (AvgIpc) is 2.58.